The molecule has 0 bridgehead atoms. The van der Waals surface area contributed by atoms with Crippen LogP contribution in [0.1, 0.15) is 38.4 Å². The van der Waals surface area contributed by atoms with Crippen LogP contribution in [0.4, 0.5) is 0 Å². The van der Waals surface area contributed by atoms with Crippen LogP contribution in [0.25, 0.3) is 0 Å². The molecule has 3 aliphatic rings. The molecule has 3 heterocycles. The van der Waals surface area contributed by atoms with E-state index < -0.39 is 0 Å². The normalized spacial score (nSPS) is 36.9. The molecule has 0 aromatic heterocycles. The van der Waals surface area contributed by atoms with Gasteiger partial charge in [0.05, 0.1) is 12.2 Å². The lowest BCUT2D eigenvalue weighted by atomic mass is 9.71. The molecule has 1 aromatic rings. The zero-order valence-corrected chi connectivity index (χ0v) is 12.6. The molecule has 4 heteroatoms. The van der Waals surface area contributed by atoms with Gasteiger partial charge in [0.1, 0.15) is 17.1 Å². The SMILES string of the molecule is CC1(C)Oc2cc(O)ccc2[C@H]2O[C@H]3CCNC[C@@H]3C[C@@H]21. The van der Waals surface area contributed by atoms with E-state index in [1.807, 2.05) is 6.07 Å². The summed E-state index contributed by atoms with van der Waals surface area (Å²) in [7, 11) is 0. The van der Waals surface area contributed by atoms with Crippen LogP contribution < -0.4 is 10.1 Å². The maximum absolute atomic E-state index is 9.71. The third kappa shape index (κ3) is 2.12. The fourth-order valence-corrected chi connectivity index (χ4v) is 4.19. The van der Waals surface area contributed by atoms with E-state index in [1.165, 1.54) is 0 Å². The van der Waals surface area contributed by atoms with E-state index >= 15 is 0 Å². The summed E-state index contributed by atoms with van der Waals surface area (Å²) in [5, 5.41) is 13.2. The third-order valence-corrected chi connectivity index (χ3v) is 5.35. The number of nitrogens with one attached hydrogen (secondary N) is 1. The van der Waals surface area contributed by atoms with Gasteiger partial charge in [-0.25, -0.2) is 0 Å². The average Bonchev–Trinajstić information content (AvgIpc) is 2.45. The van der Waals surface area contributed by atoms with Gasteiger partial charge in [-0.3, -0.25) is 0 Å². The molecule has 2 fully saturated rings. The van der Waals surface area contributed by atoms with Crippen LogP contribution in [-0.4, -0.2) is 29.9 Å². The molecule has 0 saturated carbocycles. The van der Waals surface area contributed by atoms with Gasteiger partial charge in [0, 0.05) is 24.1 Å². The maximum Gasteiger partial charge on any atom is 0.129 e. The lowest BCUT2D eigenvalue weighted by Crippen LogP contribution is -2.54. The van der Waals surface area contributed by atoms with Crippen molar-refractivity contribution in [3.05, 3.63) is 23.8 Å². The molecule has 114 valence electrons. The molecular weight excluding hydrogens is 266 g/mol. The number of benzene rings is 1. The summed E-state index contributed by atoms with van der Waals surface area (Å²) in [6.45, 7) is 6.36. The highest BCUT2D eigenvalue weighted by molar-refractivity contribution is 5.44. The van der Waals surface area contributed by atoms with Crippen LogP contribution in [0.2, 0.25) is 0 Å². The van der Waals surface area contributed by atoms with Crippen LogP contribution in [0, 0.1) is 11.8 Å². The number of piperidine rings is 1. The van der Waals surface area contributed by atoms with E-state index in [1.54, 1.807) is 12.1 Å². The minimum Gasteiger partial charge on any atom is -0.508 e. The fourth-order valence-electron chi connectivity index (χ4n) is 4.19. The van der Waals surface area contributed by atoms with Crippen LogP contribution in [0.5, 0.6) is 11.5 Å². The van der Waals surface area contributed by atoms with Gasteiger partial charge in [0.25, 0.3) is 0 Å². The highest BCUT2D eigenvalue weighted by Crippen LogP contribution is 2.52. The molecule has 4 atom stereocenters. The lowest BCUT2D eigenvalue weighted by Gasteiger charge is -2.52. The Balaban J connectivity index is 1.73. The molecule has 0 aliphatic carbocycles. The number of phenols is 1. The Morgan fingerprint density at radius 2 is 2.19 bits per heavy atom. The number of rotatable bonds is 0. The summed E-state index contributed by atoms with van der Waals surface area (Å²) >= 11 is 0. The van der Waals surface area contributed by atoms with E-state index in [0.29, 0.717) is 17.9 Å². The monoisotopic (exact) mass is 289 g/mol. The molecule has 21 heavy (non-hydrogen) atoms. The van der Waals surface area contributed by atoms with Crippen LogP contribution in [0.15, 0.2) is 18.2 Å². The second-order valence-corrected chi connectivity index (χ2v) is 7.12. The number of hydrogen-bond acceptors (Lipinski definition) is 4. The van der Waals surface area contributed by atoms with Crippen molar-refractivity contribution in [1.82, 2.24) is 5.32 Å². The van der Waals surface area contributed by atoms with Gasteiger partial charge < -0.3 is 19.9 Å². The molecule has 4 nitrogen and oxygen atoms in total. The molecule has 3 aliphatic heterocycles. The molecule has 2 saturated heterocycles. The summed E-state index contributed by atoms with van der Waals surface area (Å²) in [5.41, 5.74) is 0.822. The van der Waals surface area contributed by atoms with Crippen molar-refractivity contribution >= 4 is 0 Å². The van der Waals surface area contributed by atoms with Crippen molar-refractivity contribution in [3.8, 4) is 11.5 Å². The van der Waals surface area contributed by atoms with Gasteiger partial charge in [-0.1, -0.05) is 0 Å². The smallest absolute Gasteiger partial charge is 0.129 e. The van der Waals surface area contributed by atoms with E-state index in [4.69, 9.17) is 9.47 Å². The van der Waals surface area contributed by atoms with Gasteiger partial charge in [-0.15, -0.1) is 0 Å². The molecule has 1 aromatic carbocycles. The number of ether oxygens (including phenoxy) is 2. The van der Waals surface area contributed by atoms with E-state index in [0.717, 1.165) is 37.2 Å². The quantitative estimate of drug-likeness (QED) is 0.771. The minimum atomic E-state index is -0.270. The third-order valence-electron chi connectivity index (χ3n) is 5.35. The Kier molecular flexibility index (Phi) is 2.95. The van der Waals surface area contributed by atoms with Crippen molar-refractivity contribution in [3.63, 3.8) is 0 Å². The number of fused-ring (bicyclic) bond motifs is 4. The summed E-state index contributed by atoms with van der Waals surface area (Å²) in [4.78, 5) is 0. The van der Waals surface area contributed by atoms with Crippen molar-refractivity contribution < 1.29 is 14.6 Å². The molecule has 0 radical (unpaired) electrons. The van der Waals surface area contributed by atoms with Crippen molar-refractivity contribution in [2.45, 2.75) is 44.5 Å². The molecule has 0 spiro atoms. The fraction of sp³-hybridized carbons (Fsp3) is 0.647. The van der Waals surface area contributed by atoms with E-state index in [-0.39, 0.29) is 17.5 Å². The Labute approximate surface area is 125 Å². The second kappa shape index (κ2) is 4.62. The highest BCUT2D eigenvalue weighted by atomic mass is 16.5. The lowest BCUT2D eigenvalue weighted by molar-refractivity contribution is -0.178. The molecule has 4 rings (SSSR count). The predicted octanol–water partition coefficient (Wildman–Crippen LogP) is 2.62. The topological polar surface area (TPSA) is 50.7 Å². The zero-order chi connectivity index (χ0) is 14.6. The van der Waals surface area contributed by atoms with Crippen LogP contribution >= 0.6 is 0 Å². The van der Waals surface area contributed by atoms with E-state index in [9.17, 15) is 5.11 Å². The van der Waals surface area contributed by atoms with Gasteiger partial charge in [-0.05, 0) is 51.3 Å². The van der Waals surface area contributed by atoms with Crippen LogP contribution in [-0.2, 0) is 4.74 Å². The first kappa shape index (κ1) is 13.4. The first-order valence-electron chi connectivity index (χ1n) is 7.93. The number of hydrogen-bond donors (Lipinski definition) is 2. The Bertz CT molecular complexity index is 557. The first-order chi connectivity index (χ1) is 10.0. The molecule has 0 unspecified atom stereocenters. The zero-order valence-electron chi connectivity index (χ0n) is 12.6. The average molecular weight is 289 g/mol. The largest absolute Gasteiger partial charge is 0.508 e. The van der Waals surface area contributed by atoms with Crippen molar-refractivity contribution in [1.29, 1.82) is 0 Å². The van der Waals surface area contributed by atoms with Crippen molar-refractivity contribution in [2.75, 3.05) is 13.1 Å². The van der Waals surface area contributed by atoms with Crippen molar-refractivity contribution in [2.24, 2.45) is 11.8 Å². The summed E-state index contributed by atoms with van der Waals surface area (Å²) in [6, 6.07) is 5.40. The molecule has 2 N–H and O–H groups in total. The van der Waals surface area contributed by atoms with Gasteiger partial charge in [0.15, 0.2) is 0 Å². The minimum absolute atomic E-state index is 0.0868. The van der Waals surface area contributed by atoms with Crippen LogP contribution in [0.3, 0.4) is 0 Å². The highest BCUT2D eigenvalue weighted by Gasteiger charge is 2.50. The Hall–Kier alpha value is -1.26. The predicted molar refractivity (Wildman–Crippen MR) is 79.5 cm³/mol. The Morgan fingerprint density at radius 3 is 3.05 bits per heavy atom. The summed E-state index contributed by atoms with van der Waals surface area (Å²) in [6.07, 6.45) is 2.66. The Morgan fingerprint density at radius 1 is 1.33 bits per heavy atom. The summed E-state index contributed by atoms with van der Waals surface area (Å²) < 4.78 is 12.7. The van der Waals surface area contributed by atoms with Gasteiger partial charge in [-0.2, -0.15) is 0 Å². The standard InChI is InChI=1S/C17H23NO3/c1-17(2)13-7-10-9-18-6-5-14(10)20-16(13)12-4-3-11(19)8-15(12)21-17/h3-4,8,10,13-14,16,18-19H,5-7,9H2,1-2H3/t10-,13-,14-,16+/m0/s1. The molecular formula is C17H23NO3. The first-order valence-corrected chi connectivity index (χ1v) is 7.93. The van der Waals surface area contributed by atoms with Gasteiger partial charge in [0.2, 0.25) is 0 Å². The van der Waals surface area contributed by atoms with E-state index in [2.05, 4.69) is 19.2 Å². The van der Waals surface area contributed by atoms with Gasteiger partial charge >= 0.3 is 0 Å². The second-order valence-electron chi connectivity index (χ2n) is 7.12. The molecule has 0 amide bonds. The maximum atomic E-state index is 9.71. The number of aromatic hydroxyl groups is 1. The number of phenolic OH excluding ortho intramolecular Hbond substituents is 1. The summed E-state index contributed by atoms with van der Waals surface area (Å²) in [5.74, 6) is 1.96.